The van der Waals surface area contributed by atoms with E-state index in [1.54, 1.807) is 6.08 Å². The van der Waals surface area contributed by atoms with Gasteiger partial charge < -0.3 is 15.6 Å². The molecule has 0 atom stereocenters. The van der Waals surface area contributed by atoms with Crippen molar-refractivity contribution in [3.05, 3.63) is 12.3 Å². The van der Waals surface area contributed by atoms with E-state index in [-0.39, 0.29) is 11.9 Å². The van der Waals surface area contributed by atoms with Crippen molar-refractivity contribution in [2.45, 2.75) is 58.5 Å². The van der Waals surface area contributed by atoms with Crippen LogP contribution < -0.4 is 5.73 Å². The molecule has 0 aromatic heterocycles. The fourth-order valence-electron chi connectivity index (χ4n) is 2.59. The summed E-state index contributed by atoms with van der Waals surface area (Å²) in [6.07, 6.45) is 5.55. The number of carbonyl (C=O) groups excluding carboxylic acids is 1. The van der Waals surface area contributed by atoms with Gasteiger partial charge in [-0.2, -0.15) is 0 Å². The molecule has 0 amide bonds. The molecule has 0 spiro atoms. The highest BCUT2D eigenvalue weighted by molar-refractivity contribution is 5.77. The highest BCUT2D eigenvalue weighted by Crippen LogP contribution is 2.42. The lowest BCUT2D eigenvalue weighted by molar-refractivity contribution is -0.165. The largest absolute Gasteiger partial charge is 0.481 e. The number of aliphatic carboxylic acids is 1. The lowest BCUT2D eigenvalue weighted by Crippen LogP contribution is -2.38. The van der Waals surface area contributed by atoms with E-state index >= 15 is 0 Å². The fourth-order valence-corrected chi connectivity index (χ4v) is 2.59. The van der Waals surface area contributed by atoms with Gasteiger partial charge in [0.05, 0.1) is 11.3 Å². The molecule has 1 aliphatic carbocycles. The van der Waals surface area contributed by atoms with E-state index in [1.807, 2.05) is 20.8 Å². The number of carboxylic acid groups (broad SMARTS) is 1. The number of carboxylic acids is 1. The summed E-state index contributed by atoms with van der Waals surface area (Å²) >= 11 is 0. The van der Waals surface area contributed by atoms with E-state index in [1.165, 1.54) is 6.20 Å². The van der Waals surface area contributed by atoms with Gasteiger partial charge in [-0.05, 0) is 59.1 Å². The molecule has 0 heterocycles. The normalized spacial score (nSPS) is 27.4. The van der Waals surface area contributed by atoms with E-state index in [2.05, 4.69) is 0 Å². The minimum absolute atomic E-state index is 0.191. The summed E-state index contributed by atoms with van der Waals surface area (Å²) < 4.78 is 5.37. The molecule has 1 aliphatic rings. The van der Waals surface area contributed by atoms with Gasteiger partial charge in [0.1, 0.15) is 5.60 Å². The average Bonchev–Trinajstić information content (AvgIpc) is 2.34. The predicted molar refractivity (Wildman–Crippen MR) is 75.8 cm³/mol. The van der Waals surface area contributed by atoms with Crippen molar-refractivity contribution in [1.82, 2.24) is 0 Å². The molecule has 5 heteroatoms. The maximum Gasteiger partial charge on any atom is 0.309 e. The van der Waals surface area contributed by atoms with Gasteiger partial charge in [-0.25, -0.2) is 0 Å². The van der Waals surface area contributed by atoms with Gasteiger partial charge in [-0.15, -0.1) is 0 Å². The Morgan fingerprint density at radius 1 is 1.35 bits per heavy atom. The highest BCUT2D eigenvalue weighted by Gasteiger charge is 2.43. The van der Waals surface area contributed by atoms with E-state index in [4.69, 9.17) is 10.5 Å². The van der Waals surface area contributed by atoms with Crippen LogP contribution in [-0.4, -0.2) is 22.6 Å². The summed E-state index contributed by atoms with van der Waals surface area (Å²) in [5.41, 5.74) is 4.02. The third-order valence-electron chi connectivity index (χ3n) is 3.78. The Kier molecular flexibility index (Phi) is 5.20. The van der Waals surface area contributed by atoms with Crippen LogP contribution in [0.4, 0.5) is 0 Å². The van der Waals surface area contributed by atoms with Crippen LogP contribution in [0.25, 0.3) is 0 Å². The van der Waals surface area contributed by atoms with Crippen molar-refractivity contribution in [3.63, 3.8) is 0 Å². The predicted octanol–water partition coefficient (Wildman–Crippen LogP) is 2.45. The highest BCUT2D eigenvalue weighted by atomic mass is 16.6. The molecular weight excluding hydrogens is 258 g/mol. The molecule has 0 aromatic carbocycles. The summed E-state index contributed by atoms with van der Waals surface area (Å²) in [4.78, 5) is 23.5. The van der Waals surface area contributed by atoms with Crippen LogP contribution in [-0.2, 0) is 14.3 Å². The van der Waals surface area contributed by atoms with Crippen molar-refractivity contribution >= 4 is 11.9 Å². The number of ether oxygens (including phenoxy) is 1. The Bertz CT molecular complexity index is 387. The Morgan fingerprint density at radius 2 is 1.90 bits per heavy atom. The molecule has 0 aromatic rings. The van der Waals surface area contributed by atoms with Crippen molar-refractivity contribution in [1.29, 1.82) is 0 Å². The van der Waals surface area contributed by atoms with Crippen molar-refractivity contribution in [2.75, 3.05) is 0 Å². The number of hydrogen-bond acceptors (Lipinski definition) is 4. The van der Waals surface area contributed by atoms with E-state index < -0.39 is 17.0 Å². The lowest BCUT2D eigenvalue weighted by Gasteiger charge is -2.36. The van der Waals surface area contributed by atoms with Crippen molar-refractivity contribution in [3.8, 4) is 0 Å². The second kappa shape index (κ2) is 6.29. The molecule has 0 aliphatic heterocycles. The summed E-state index contributed by atoms with van der Waals surface area (Å²) in [5, 5.41) is 9.44. The standard InChI is InChI=1S/C15H25NO4/c1-14(2,3)20-12(17)11-5-8-15(9-6-11,13(18)19)7-4-10-16/h4,10-11H,5-9,16H2,1-3H3,(H,18,19). The van der Waals surface area contributed by atoms with Crippen molar-refractivity contribution in [2.24, 2.45) is 17.1 Å². The quantitative estimate of drug-likeness (QED) is 0.773. The van der Waals surface area contributed by atoms with Gasteiger partial charge in [0.2, 0.25) is 0 Å². The zero-order valence-electron chi connectivity index (χ0n) is 12.5. The first kappa shape index (κ1) is 16.5. The maximum atomic E-state index is 12.0. The van der Waals surface area contributed by atoms with Gasteiger partial charge in [0, 0.05) is 0 Å². The van der Waals surface area contributed by atoms with Crippen LogP contribution in [0.15, 0.2) is 12.3 Å². The number of carbonyl (C=O) groups is 2. The van der Waals surface area contributed by atoms with Crippen LogP contribution in [0.2, 0.25) is 0 Å². The Labute approximate surface area is 120 Å². The van der Waals surface area contributed by atoms with Crippen molar-refractivity contribution < 1.29 is 19.4 Å². The number of nitrogens with two attached hydrogens (primary N) is 1. The summed E-state index contributed by atoms with van der Waals surface area (Å²) in [6, 6.07) is 0. The smallest absolute Gasteiger partial charge is 0.309 e. The molecule has 5 nitrogen and oxygen atoms in total. The minimum Gasteiger partial charge on any atom is -0.481 e. The first-order valence-corrected chi connectivity index (χ1v) is 7.03. The molecule has 114 valence electrons. The molecule has 0 unspecified atom stereocenters. The molecule has 0 bridgehead atoms. The number of esters is 1. The van der Waals surface area contributed by atoms with Crippen LogP contribution in [0.5, 0.6) is 0 Å². The maximum absolute atomic E-state index is 12.0. The number of rotatable bonds is 4. The zero-order chi connectivity index (χ0) is 15.4. The summed E-state index contributed by atoms with van der Waals surface area (Å²) in [6.45, 7) is 5.50. The van der Waals surface area contributed by atoms with Gasteiger partial charge in [-0.1, -0.05) is 6.08 Å². The number of hydrogen-bond donors (Lipinski definition) is 2. The van der Waals surface area contributed by atoms with E-state index in [9.17, 15) is 14.7 Å². The fraction of sp³-hybridized carbons (Fsp3) is 0.733. The molecular formula is C15H25NO4. The van der Waals surface area contributed by atoms with Crippen LogP contribution in [0.1, 0.15) is 52.9 Å². The summed E-state index contributed by atoms with van der Waals surface area (Å²) in [5.74, 6) is -1.22. The Hall–Kier alpha value is -1.52. The lowest BCUT2D eigenvalue weighted by atomic mass is 9.68. The van der Waals surface area contributed by atoms with Crippen LogP contribution >= 0.6 is 0 Å². The van der Waals surface area contributed by atoms with E-state index in [0.29, 0.717) is 32.1 Å². The van der Waals surface area contributed by atoms with Gasteiger partial charge in [-0.3, -0.25) is 9.59 Å². The minimum atomic E-state index is -0.807. The molecule has 0 saturated heterocycles. The van der Waals surface area contributed by atoms with Gasteiger partial charge in [0.15, 0.2) is 0 Å². The SMILES string of the molecule is CC(C)(C)OC(=O)C1CCC(CC=CN)(C(=O)O)CC1. The Morgan fingerprint density at radius 3 is 2.30 bits per heavy atom. The topological polar surface area (TPSA) is 89.6 Å². The molecule has 0 radical (unpaired) electrons. The van der Waals surface area contributed by atoms with E-state index in [0.717, 1.165) is 0 Å². The van der Waals surface area contributed by atoms with Gasteiger partial charge in [0.25, 0.3) is 0 Å². The number of allylic oxidation sites excluding steroid dienone is 1. The molecule has 1 saturated carbocycles. The third kappa shape index (κ3) is 4.25. The second-order valence-corrected chi connectivity index (χ2v) is 6.53. The summed E-state index contributed by atoms with van der Waals surface area (Å²) in [7, 11) is 0. The first-order chi connectivity index (χ1) is 9.20. The average molecular weight is 283 g/mol. The monoisotopic (exact) mass is 283 g/mol. The Balaban J connectivity index is 2.65. The zero-order valence-corrected chi connectivity index (χ0v) is 12.5. The molecule has 1 rings (SSSR count). The molecule has 1 fully saturated rings. The second-order valence-electron chi connectivity index (χ2n) is 6.53. The third-order valence-corrected chi connectivity index (χ3v) is 3.78. The van der Waals surface area contributed by atoms with Crippen LogP contribution in [0, 0.1) is 11.3 Å². The molecule has 20 heavy (non-hydrogen) atoms. The van der Waals surface area contributed by atoms with Crippen LogP contribution in [0.3, 0.4) is 0 Å². The van der Waals surface area contributed by atoms with Gasteiger partial charge >= 0.3 is 11.9 Å². The molecule has 3 N–H and O–H groups in total. The first-order valence-electron chi connectivity index (χ1n) is 7.03.